The van der Waals surface area contributed by atoms with Gasteiger partial charge in [0.25, 0.3) is 5.91 Å². The molecule has 0 bridgehead atoms. The van der Waals surface area contributed by atoms with Crippen molar-refractivity contribution in [3.63, 3.8) is 0 Å². The summed E-state index contributed by atoms with van der Waals surface area (Å²) < 4.78 is 5.27. The molecule has 1 aliphatic heterocycles. The van der Waals surface area contributed by atoms with Crippen molar-refractivity contribution in [1.82, 2.24) is 10.2 Å². The normalized spacial score (nSPS) is 15.3. The fourth-order valence-electron chi connectivity index (χ4n) is 2.70. The van der Waals surface area contributed by atoms with Crippen LogP contribution in [0.5, 0.6) is 5.75 Å². The number of carbonyl (C=O) groups excluding carboxylic acids is 1. The zero-order valence-corrected chi connectivity index (χ0v) is 14.7. The molecule has 0 saturated carbocycles. The molecule has 2 rings (SSSR count). The molecule has 22 heavy (non-hydrogen) atoms. The van der Waals surface area contributed by atoms with E-state index in [-0.39, 0.29) is 18.3 Å². The van der Waals surface area contributed by atoms with E-state index in [4.69, 9.17) is 16.3 Å². The molecule has 1 fully saturated rings. The summed E-state index contributed by atoms with van der Waals surface area (Å²) in [6.07, 6.45) is 2.10. The molecule has 1 saturated heterocycles. The van der Waals surface area contributed by atoms with E-state index in [1.54, 1.807) is 25.3 Å². The summed E-state index contributed by atoms with van der Waals surface area (Å²) in [5, 5.41) is 3.96. The first kappa shape index (κ1) is 19.1. The first-order valence-electron chi connectivity index (χ1n) is 7.49. The molecule has 1 heterocycles. The second kappa shape index (κ2) is 9.23. The maximum absolute atomic E-state index is 12.6. The van der Waals surface area contributed by atoms with Gasteiger partial charge < -0.3 is 15.0 Å². The van der Waals surface area contributed by atoms with Crippen molar-refractivity contribution in [3.8, 4) is 5.75 Å². The lowest BCUT2D eigenvalue weighted by atomic mass is 9.96. The average Bonchev–Trinajstić information content (AvgIpc) is 2.52. The fraction of sp³-hybridized carbons (Fsp3) is 0.562. The van der Waals surface area contributed by atoms with Crippen LogP contribution in [0.25, 0.3) is 0 Å². The van der Waals surface area contributed by atoms with Crippen LogP contribution in [-0.4, -0.2) is 44.1 Å². The van der Waals surface area contributed by atoms with Crippen LogP contribution >= 0.6 is 24.0 Å². The molecule has 0 aromatic heterocycles. The van der Waals surface area contributed by atoms with Gasteiger partial charge >= 0.3 is 0 Å². The Morgan fingerprint density at radius 3 is 2.68 bits per heavy atom. The molecule has 4 nitrogen and oxygen atoms in total. The third-order valence-electron chi connectivity index (χ3n) is 3.98. The van der Waals surface area contributed by atoms with E-state index in [1.807, 2.05) is 4.90 Å². The maximum Gasteiger partial charge on any atom is 0.257 e. The minimum Gasteiger partial charge on any atom is -0.496 e. The Balaban J connectivity index is 0.00000242. The van der Waals surface area contributed by atoms with E-state index in [9.17, 15) is 4.79 Å². The first-order chi connectivity index (χ1) is 10.2. The molecule has 1 N–H and O–H groups in total. The minimum absolute atomic E-state index is 0. The van der Waals surface area contributed by atoms with Gasteiger partial charge in [-0.2, -0.15) is 0 Å². The summed E-state index contributed by atoms with van der Waals surface area (Å²) in [5.41, 5.74) is 0.590. The molecule has 0 unspecified atom stereocenters. The Morgan fingerprint density at radius 1 is 1.41 bits per heavy atom. The molecule has 1 aromatic rings. The van der Waals surface area contributed by atoms with Crippen molar-refractivity contribution in [2.24, 2.45) is 5.92 Å². The van der Waals surface area contributed by atoms with Crippen molar-refractivity contribution >= 4 is 29.9 Å². The van der Waals surface area contributed by atoms with E-state index in [1.165, 1.54) is 0 Å². The number of methoxy groups -OCH3 is 1. The number of nitrogens with one attached hydrogen (secondary N) is 1. The lowest BCUT2D eigenvalue weighted by Crippen LogP contribution is -2.40. The number of rotatable bonds is 5. The van der Waals surface area contributed by atoms with Crippen molar-refractivity contribution in [1.29, 1.82) is 0 Å². The van der Waals surface area contributed by atoms with Crippen LogP contribution in [-0.2, 0) is 0 Å². The number of hydrogen-bond acceptors (Lipinski definition) is 3. The standard InChI is InChI=1S/C16H23ClN2O2.ClH/c1-3-18-11-12-6-8-19(9-7-12)16(20)14-5-4-13(17)10-15(14)21-2;/h4-5,10,12,18H,3,6-9,11H2,1-2H3;1H. The Morgan fingerprint density at radius 2 is 2.09 bits per heavy atom. The van der Waals surface area contributed by atoms with Crippen molar-refractivity contribution < 1.29 is 9.53 Å². The second-order valence-corrected chi connectivity index (χ2v) is 5.82. The van der Waals surface area contributed by atoms with Crippen LogP contribution in [0, 0.1) is 5.92 Å². The first-order valence-corrected chi connectivity index (χ1v) is 7.87. The highest BCUT2D eigenvalue weighted by Gasteiger charge is 2.25. The van der Waals surface area contributed by atoms with Gasteiger partial charge in [0.15, 0.2) is 0 Å². The summed E-state index contributed by atoms with van der Waals surface area (Å²) in [6.45, 7) is 5.77. The molecular formula is C16H24Cl2N2O2. The molecule has 6 heteroatoms. The monoisotopic (exact) mass is 346 g/mol. The predicted molar refractivity (Wildman–Crippen MR) is 92.4 cm³/mol. The fourth-order valence-corrected chi connectivity index (χ4v) is 2.86. The number of amides is 1. The Kier molecular flexibility index (Phi) is 8.01. The zero-order chi connectivity index (χ0) is 15.2. The van der Waals surface area contributed by atoms with Crippen LogP contribution in [0.1, 0.15) is 30.1 Å². The SMILES string of the molecule is CCNCC1CCN(C(=O)c2ccc(Cl)cc2OC)CC1.Cl. The van der Waals surface area contributed by atoms with Crippen LogP contribution in [0.3, 0.4) is 0 Å². The van der Waals surface area contributed by atoms with Gasteiger partial charge in [0.1, 0.15) is 5.75 Å². The van der Waals surface area contributed by atoms with E-state index in [0.29, 0.717) is 22.3 Å². The Labute approximate surface area is 143 Å². The second-order valence-electron chi connectivity index (χ2n) is 5.39. The van der Waals surface area contributed by atoms with E-state index in [0.717, 1.165) is 39.0 Å². The van der Waals surface area contributed by atoms with Gasteiger partial charge in [-0.15, -0.1) is 12.4 Å². The number of hydrogen-bond donors (Lipinski definition) is 1. The third kappa shape index (κ3) is 4.77. The number of nitrogens with zero attached hydrogens (tertiary/aromatic N) is 1. The third-order valence-corrected chi connectivity index (χ3v) is 4.21. The molecule has 0 aliphatic carbocycles. The van der Waals surface area contributed by atoms with Crippen molar-refractivity contribution in [2.75, 3.05) is 33.3 Å². The Bertz CT molecular complexity index is 489. The smallest absolute Gasteiger partial charge is 0.257 e. The van der Waals surface area contributed by atoms with Crippen LogP contribution in [0.2, 0.25) is 5.02 Å². The molecule has 124 valence electrons. The number of ether oxygens (including phenoxy) is 1. The summed E-state index contributed by atoms with van der Waals surface area (Å²) in [5.74, 6) is 1.24. The summed E-state index contributed by atoms with van der Waals surface area (Å²) in [6, 6.07) is 5.16. The van der Waals surface area contributed by atoms with Gasteiger partial charge in [0, 0.05) is 18.1 Å². The topological polar surface area (TPSA) is 41.6 Å². The number of benzene rings is 1. The average molecular weight is 347 g/mol. The molecule has 0 spiro atoms. The predicted octanol–water partition coefficient (Wildman–Crippen LogP) is 3.23. The number of carbonyl (C=O) groups is 1. The zero-order valence-electron chi connectivity index (χ0n) is 13.1. The molecule has 0 atom stereocenters. The lowest BCUT2D eigenvalue weighted by Gasteiger charge is -2.32. The van der Waals surface area contributed by atoms with E-state index in [2.05, 4.69) is 12.2 Å². The largest absolute Gasteiger partial charge is 0.496 e. The van der Waals surface area contributed by atoms with E-state index >= 15 is 0 Å². The number of halogens is 2. The molecular weight excluding hydrogens is 323 g/mol. The summed E-state index contributed by atoms with van der Waals surface area (Å²) in [7, 11) is 1.56. The highest BCUT2D eigenvalue weighted by Crippen LogP contribution is 2.26. The molecule has 1 aliphatic rings. The van der Waals surface area contributed by atoms with Crippen LogP contribution in [0.4, 0.5) is 0 Å². The molecule has 0 radical (unpaired) electrons. The summed E-state index contributed by atoms with van der Waals surface area (Å²) >= 11 is 5.94. The molecule has 1 amide bonds. The van der Waals surface area contributed by atoms with Gasteiger partial charge in [-0.3, -0.25) is 4.79 Å². The van der Waals surface area contributed by atoms with Gasteiger partial charge in [0.2, 0.25) is 0 Å². The van der Waals surface area contributed by atoms with Gasteiger partial charge in [-0.1, -0.05) is 18.5 Å². The minimum atomic E-state index is 0. The van der Waals surface area contributed by atoms with Crippen molar-refractivity contribution in [2.45, 2.75) is 19.8 Å². The van der Waals surface area contributed by atoms with Crippen LogP contribution < -0.4 is 10.1 Å². The number of piperidine rings is 1. The highest BCUT2D eigenvalue weighted by molar-refractivity contribution is 6.30. The maximum atomic E-state index is 12.6. The summed E-state index contributed by atoms with van der Waals surface area (Å²) in [4.78, 5) is 14.5. The quantitative estimate of drug-likeness (QED) is 0.889. The number of likely N-dealkylation sites (tertiary alicyclic amines) is 1. The molecule has 1 aromatic carbocycles. The van der Waals surface area contributed by atoms with Gasteiger partial charge in [-0.05, 0) is 50.0 Å². The van der Waals surface area contributed by atoms with Crippen molar-refractivity contribution in [3.05, 3.63) is 28.8 Å². The lowest BCUT2D eigenvalue weighted by molar-refractivity contribution is 0.0687. The van der Waals surface area contributed by atoms with Gasteiger partial charge in [0.05, 0.1) is 12.7 Å². The highest BCUT2D eigenvalue weighted by atomic mass is 35.5. The van der Waals surface area contributed by atoms with Crippen LogP contribution in [0.15, 0.2) is 18.2 Å². The Hall–Kier alpha value is -0.970. The van der Waals surface area contributed by atoms with Gasteiger partial charge in [-0.25, -0.2) is 0 Å². The van der Waals surface area contributed by atoms with E-state index < -0.39 is 0 Å².